The molecular formula is C12H12O6. The predicted molar refractivity (Wildman–Crippen MR) is 58.8 cm³/mol. The van der Waals surface area contributed by atoms with Crippen molar-refractivity contribution in [3.05, 3.63) is 34.9 Å². The molecule has 18 heavy (non-hydrogen) atoms. The third-order valence-electron chi connectivity index (χ3n) is 2.80. The standard InChI is InChI=1S/C12H12O6/c13-9(4-10(14)15)11(16)6-1-2-8-7(3-6)5-18-12(8)17/h1-3,9,11,13,16H,4-5H2,(H,14,15). The molecule has 0 bridgehead atoms. The fraction of sp³-hybridized carbons (Fsp3) is 0.333. The number of esters is 1. The van der Waals surface area contributed by atoms with Gasteiger partial charge in [-0.15, -0.1) is 0 Å². The maximum Gasteiger partial charge on any atom is 0.338 e. The number of fused-ring (bicyclic) bond motifs is 1. The lowest BCUT2D eigenvalue weighted by Gasteiger charge is -2.16. The van der Waals surface area contributed by atoms with E-state index in [4.69, 9.17) is 9.84 Å². The number of aliphatic carboxylic acids is 1. The molecule has 0 fully saturated rings. The van der Waals surface area contributed by atoms with Gasteiger partial charge in [-0.3, -0.25) is 4.79 Å². The van der Waals surface area contributed by atoms with E-state index in [-0.39, 0.29) is 6.61 Å². The van der Waals surface area contributed by atoms with Crippen molar-refractivity contribution in [2.24, 2.45) is 0 Å². The van der Waals surface area contributed by atoms with E-state index in [1.54, 1.807) is 0 Å². The number of carbonyl (C=O) groups excluding carboxylic acids is 1. The number of carbonyl (C=O) groups is 2. The molecule has 3 N–H and O–H groups in total. The van der Waals surface area contributed by atoms with Crippen molar-refractivity contribution >= 4 is 11.9 Å². The summed E-state index contributed by atoms with van der Waals surface area (Å²) in [6.45, 7) is 0.129. The van der Waals surface area contributed by atoms with Gasteiger partial charge in [0.05, 0.1) is 18.1 Å². The van der Waals surface area contributed by atoms with Gasteiger partial charge in [0.15, 0.2) is 0 Å². The maximum absolute atomic E-state index is 11.2. The van der Waals surface area contributed by atoms with E-state index in [1.807, 2.05) is 0 Å². The summed E-state index contributed by atoms with van der Waals surface area (Å²) >= 11 is 0. The lowest BCUT2D eigenvalue weighted by Crippen LogP contribution is -2.21. The van der Waals surface area contributed by atoms with Crippen molar-refractivity contribution in [2.75, 3.05) is 0 Å². The number of cyclic esters (lactones) is 1. The molecule has 1 aromatic carbocycles. The fourth-order valence-corrected chi connectivity index (χ4v) is 1.85. The Kier molecular flexibility index (Phi) is 3.31. The van der Waals surface area contributed by atoms with Crippen molar-refractivity contribution in [3.63, 3.8) is 0 Å². The van der Waals surface area contributed by atoms with Crippen LogP contribution < -0.4 is 0 Å². The number of benzene rings is 1. The number of carboxylic acids is 1. The van der Waals surface area contributed by atoms with E-state index in [0.29, 0.717) is 16.7 Å². The highest BCUT2D eigenvalue weighted by molar-refractivity contribution is 5.93. The van der Waals surface area contributed by atoms with Gasteiger partial charge in [-0.05, 0) is 17.7 Å². The average Bonchev–Trinajstić information content (AvgIpc) is 2.69. The van der Waals surface area contributed by atoms with Crippen LogP contribution in [0.2, 0.25) is 0 Å². The normalized spacial score (nSPS) is 16.9. The van der Waals surface area contributed by atoms with Gasteiger partial charge in [0.25, 0.3) is 0 Å². The predicted octanol–water partition coefficient (Wildman–Crippen LogP) is 0.226. The van der Waals surface area contributed by atoms with E-state index < -0.39 is 30.6 Å². The summed E-state index contributed by atoms with van der Waals surface area (Å²) in [5, 5.41) is 27.8. The topological polar surface area (TPSA) is 104 Å². The molecule has 1 aliphatic heterocycles. The highest BCUT2D eigenvalue weighted by Crippen LogP contribution is 2.26. The summed E-state index contributed by atoms with van der Waals surface area (Å²) in [6, 6.07) is 4.51. The molecule has 6 nitrogen and oxygen atoms in total. The van der Waals surface area contributed by atoms with E-state index >= 15 is 0 Å². The second kappa shape index (κ2) is 4.75. The van der Waals surface area contributed by atoms with Crippen LogP contribution in [0.5, 0.6) is 0 Å². The number of ether oxygens (including phenoxy) is 1. The monoisotopic (exact) mass is 252 g/mol. The molecule has 2 atom stereocenters. The summed E-state index contributed by atoms with van der Waals surface area (Å²) in [7, 11) is 0. The average molecular weight is 252 g/mol. The first-order valence-electron chi connectivity index (χ1n) is 5.37. The molecular weight excluding hydrogens is 240 g/mol. The van der Waals surface area contributed by atoms with Gasteiger partial charge in [0.1, 0.15) is 12.7 Å². The number of hydrogen-bond acceptors (Lipinski definition) is 5. The Balaban J connectivity index is 2.19. The highest BCUT2D eigenvalue weighted by Gasteiger charge is 2.25. The molecule has 0 aliphatic carbocycles. The number of rotatable bonds is 4. The van der Waals surface area contributed by atoms with Crippen LogP contribution in [0.15, 0.2) is 18.2 Å². The first kappa shape index (κ1) is 12.5. The van der Waals surface area contributed by atoms with Crippen LogP contribution in [0.25, 0.3) is 0 Å². The number of aliphatic hydroxyl groups excluding tert-OH is 2. The summed E-state index contributed by atoms with van der Waals surface area (Å²) in [5.74, 6) is -1.61. The summed E-state index contributed by atoms with van der Waals surface area (Å²) in [5.41, 5.74) is 1.42. The minimum absolute atomic E-state index is 0.129. The van der Waals surface area contributed by atoms with E-state index in [2.05, 4.69) is 0 Å². The number of carboxylic acid groups (broad SMARTS) is 1. The second-order valence-corrected chi connectivity index (χ2v) is 4.10. The van der Waals surface area contributed by atoms with Gasteiger partial charge in [-0.2, -0.15) is 0 Å². The quantitative estimate of drug-likeness (QED) is 0.662. The van der Waals surface area contributed by atoms with Crippen molar-refractivity contribution < 1.29 is 29.6 Å². The van der Waals surface area contributed by atoms with Crippen LogP contribution in [-0.4, -0.2) is 33.4 Å². The van der Waals surface area contributed by atoms with Crippen LogP contribution in [0.4, 0.5) is 0 Å². The first-order chi connectivity index (χ1) is 8.49. The smallest absolute Gasteiger partial charge is 0.338 e. The molecule has 2 unspecified atom stereocenters. The van der Waals surface area contributed by atoms with Crippen molar-refractivity contribution in [1.82, 2.24) is 0 Å². The summed E-state index contributed by atoms with van der Waals surface area (Å²) < 4.78 is 4.81. The molecule has 6 heteroatoms. The van der Waals surface area contributed by atoms with Crippen molar-refractivity contribution in [2.45, 2.75) is 25.2 Å². The first-order valence-corrected chi connectivity index (χ1v) is 5.37. The van der Waals surface area contributed by atoms with E-state index in [9.17, 15) is 19.8 Å². The molecule has 0 radical (unpaired) electrons. The molecule has 1 aliphatic rings. The van der Waals surface area contributed by atoms with E-state index in [1.165, 1.54) is 18.2 Å². The Bertz CT molecular complexity index is 495. The van der Waals surface area contributed by atoms with Gasteiger partial charge in [-0.25, -0.2) is 4.79 Å². The van der Waals surface area contributed by atoms with Crippen LogP contribution >= 0.6 is 0 Å². The Labute approximate surface area is 102 Å². The fourth-order valence-electron chi connectivity index (χ4n) is 1.85. The zero-order valence-electron chi connectivity index (χ0n) is 9.37. The number of hydrogen-bond donors (Lipinski definition) is 3. The van der Waals surface area contributed by atoms with Gasteiger partial charge in [-0.1, -0.05) is 6.07 Å². The molecule has 0 spiro atoms. The van der Waals surface area contributed by atoms with Gasteiger partial charge in [0, 0.05) is 5.56 Å². The molecule has 0 amide bonds. The van der Waals surface area contributed by atoms with Crippen LogP contribution in [-0.2, 0) is 16.1 Å². The zero-order valence-corrected chi connectivity index (χ0v) is 9.37. The second-order valence-electron chi connectivity index (χ2n) is 4.10. The molecule has 96 valence electrons. The molecule has 2 rings (SSSR count). The lowest BCUT2D eigenvalue weighted by molar-refractivity contribution is -0.141. The maximum atomic E-state index is 11.2. The Morgan fingerprint density at radius 1 is 1.39 bits per heavy atom. The molecule has 1 aromatic rings. The van der Waals surface area contributed by atoms with Crippen LogP contribution in [0.3, 0.4) is 0 Å². The zero-order chi connectivity index (χ0) is 13.3. The third kappa shape index (κ3) is 2.34. The minimum Gasteiger partial charge on any atom is -0.481 e. The minimum atomic E-state index is -1.39. The molecule has 1 heterocycles. The largest absolute Gasteiger partial charge is 0.481 e. The van der Waals surface area contributed by atoms with Gasteiger partial charge in [0.2, 0.25) is 0 Å². The van der Waals surface area contributed by atoms with Crippen LogP contribution in [0.1, 0.15) is 34.0 Å². The Morgan fingerprint density at radius 2 is 2.11 bits per heavy atom. The highest BCUT2D eigenvalue weighted by atomic mass is 16.5. The SMILES string of the molecule is O=C(O)CC(O)C(O)c1ccc2c(c1)COC2=O. The third-order valence-corrected chi connectivity index (χ3v) is 2.80. The summed E-state index contributed by atoms with van der Waals surface area (Å²) in [6.07, 6.45) is -3.24. The molecule has 0 aromatic heterocycles. The molecule has 0 saturated carbocycles. The van der Waals surface area contributed by atoms with Crippen molar-refractivity contribution in [3.8, 4) is 0 Å². The van der Waals surface area contributed by atoms with Gasteiger partial charge >= 0.3 is 11.9 Å². The summed E-state index contributed by atoms with van der Waals surface area (Å²) in [4.78, 5) is 21.7. The molecule has 0 saturated heterocycles. The van der Waals surface area contributed by atoms with Crippen molar-refractivity contribution in [1.29, 1.82) is 0 Å². The Morgan fingerprint density at radius 3 is 2.78 bits per heavy atom. The van der Waals surface area contributed by atoms with Gasteiger partial charge < -0.3 is 20.1 Å². The van der Waals surface area contributed by atoms with Crippen LogP contribution in [0, 0.1) is 0 Å². The lowest BCUT2D eigenvalue weighted by atomic mass is 9.98. The Hall–Kier alpha value is -1.92. The van der Waals surface area contributed by atoms with E-state index in [0.717, 1.165) is 0 Å². The number of aliphatic hydroxyl groups is 2.